The SMILES string of the molecule is CC(=O)c1cccc(Nc2nccc(Nc3ccc(F)c(F)c3F)n2)c1. The Balaban J connectivity index is 1.82. The first-order valence-electron chi connectivity index (χ1n) is 7.55. The standard InChI is InChI=1S/C18H13F3N4O/c1-10(26)11-3-2-4-12(9-11)23-18-22-8-7-15(25-18)24-14-6-5-13(19)16(20)17(14)21/h2-9H,1H3,(H2,22,23,24,25). The number of hydrogen-bond donors (Lipinski definition) is 2. The number of halogens is 3. The Morgan fingerprint density at radius 2 is 1.81 bits per heavy atom. The van der Waals surface area contributed by atoms with E-state index >= 15 is 0 Å². The zero-order valence-corrected chi connectivity index (χ0v) is 13.6. The van der Waals surface area contributed by atoms with Gasteiger partial charge in [0.25, 0.3) is 0 Å². The van der Waals surface area contributed by atoms with Gasteiger partial charge in [-0.15, -0.1) is 0 Å². The molecule has 3 rings (SSSR count). The van der Waals surface area contributed by atoms with Crippen LogP contribution in [0.3, 0.4) is 0 Å². The highest BCUT2D eigenvalue weighted by atomic mass is 19.2. The summed E-state index contributed by atoms with van der Waals surface area (Å²) in [6.07, 6.45) is 1.41. The zero-order chi connectivity index (χ0) is 18.7. The van der Waals surface area contributed by atoms with Gasteiger partial charge in [-0.2, -0.15) is 4.98 Å². The molecule has 0 aliphatic heterocycles. The summed E-state index contributed by atoms with van der Waals surface area (Å²) in [6, 6.07) is 10.1. The van der Waals surface area contributed by atoms with Crippen LogP contribution in [-0.4, -0.2) is 15.8 Å². The Labute approximate surface area is 146 Å². The van der Waals surface area contributed by atoms with Crippen LogP contribution in [0.15, 0.2) is 48.7 Å². The molecule has 0 amide bonds. The van der Waals surface area contributed by atoms with Gasteiger partial charge in [0.05, 0.1) is 5.69 Å². The molecule has 5 nitrogen and oxygen atoms in total. The lowest BCUT2D eigenvalue weighted by molar-refractivity contribution is 0.101. The number of carbonyl (C=O) groups is 1. The molecule has 0 radical (unpaired) electrons. The molecule has 1 heterocycles. The molecule has 0 bridgehead atoms. The van der Waals surface area contributed by atoms with E-state index < -0.39 is 17.5 Å². The maximum absolute atomic E-state index is 13.7. The molecule has 0 saturated heterocycles. The highest BCUT2D eigenvalue weighted by Crippen LogP contribution is 2.23. The van der Waals surface area contributed by atoms with Gasteiger partial charge in [-0.25, -0.2) is 18.2 Å². The van der Waals surface area contributed by atoms with Gasteiger partial charge in [0.1, 0.15) is 5.82 Å². The van der Waals surface area contributed by atoms with Crippen LogP contribution in [0.2, 0.25) is 0 Å². The number of benzene rings is 2. The minimum absolute atomic E-state index is 0.0844. The maximum atomic E-state index is 13.7. The van der Waals surface area contributed by atoms with Crippen molar-refractivity contribution in [2.75, 3.05) is 10.6 Å². The fourth-order valence-corrected chi connectivity index (χ4v) is 2.19. The second-order valence-electron chi connectivity index (χ2n) is 5.38. The van der Waals surface area contributed by atoms with Gasteiger partial charge in [0.15, 0.2) is 23.2 Å². The number of aromatic nitrogens is 2. The summed E-state index contributed by atoms with van der Waals surface area (Å²) in [6.45, 7) is 1.45. The molecule has 3 aromatic rings. The molecule has 1 aromatic heterocycles. The first-order chi connectivity index (χ1) is 12.4. The average molecular weight is 358 g/mol. The van der Waals surface area contributed by atoms with Crippen molar-refractivity contribution in [2.24, 2.45) is 0 Å². The van der Waals surface area contributed by atoms with Crippen LogP contribution in [0.5, 0.6) is 0 Å². The van der Waals surface area contributed by atoms with Crippen molar-refractivity contribution in [1.82, 2.24) is 9.97 Å². The molecule has 0 aliphatic carbocycles. The zero-order valence-electron chi connectivity index (χ0n) is 13.6. The number of carbonyl (C=O) groups excluding carboxylic acids is 1. The van der Waals surface area contributed by atoms with Crippen molar-refractivity contribution in [3.63, 3.8) is 0 Å². The summed E-state index contributed by atoms with van der Waals surface area (Å²) >= 11 is 0. The van der Waals surface area contributed by atoms with Gasteiger partial charge >= 0.3 is 0 Å². The Morgan fingerprint density at radius 3 is 2.58 bits per heavy atom. The van der Waals surface area contributed by atoms with E-state index in [1.165, 1.54) is 19.2 Å². The second-order valence-corrected chi connectivity index (χ2v) is 5.38. The molecule has 2 N–H and O–H groups in total. The van der Waals surface area contributed by atoms with Crippen molar-refractivity contribution in [3.8, 4) is 0 Å². The Kier molecular flexibility index (Phi) is 4.83. The van der Waals surface area contributed by atoms with Gasteiger partial charge in [0.2, 0.25) is 5.95 Å². The van der Waals surface area contributed by atoms with Crippen molar-refractivity contribution < 1.29 is 18.0 Å². The summed E-state index contributed by atoms with van der Waals surface area (Å²) in [5.74, 6) is -3.91. The number of nitrogens with one attached hydrogen (secondary N) is 2. The third kappa shape index (κ3) is 3.80. The third-order valence-electron chi connectivity index (χ3n) is 3.48. The minimum atomic E-state index is -1.57. The van der Waals surface area contributed by atoms with Crippen LogP contribution in [-0.2, 0) is 0 Å². The highest BCUT2D eigenvalue weighted by molar-refractivity contribution is 5.95. The van der Waals surface area contributed by atoms with Gasteiger partial charge in [0, 0.05) is 17.4 Å². The Hall–Kier alpha value is -3.42. The number of anilines is 4. The average Bonchev–Trinajstić information content (AvgIpc) is 2.63. The molecule has 0 aliphatic rings. The van der Waals surface area contributed by atoms with E-state index in [9.17, 15) is 18.0 Å². The number of ketones is 1. The van der Waals surface area contributed by atoms with E-state index in [1.807, 2.05) is 0 Å². The molecular weight excluding hydrogens is 345 g/mol. The number of nitrogens with zero attached hydrogens (tertiary/aromatic N) is 2. The Morgan fingerprint density at radius 1 is 1.00 bits per heavy atom. The summed E-state index contributed by atoms with van der Waals surface area (Å²) in [5.41, 5.74) is 0.856. The molecule has 0 atom stereocenters. The van der Waals surface area contributed by atoms with Crippen molar-refractivity contribution >= 4 is 28.9 Å². The second kappa shape index (κ2) is 7.22. The van der Waals surface area contributed by atoms with Crippen LogP contribution >= 0.6 is 0 Å². The first kappa shape index (κ1) is 17.4. The summed E-state index contributed by atoms with van der Waals surface area (Å²) < 4.78 is 40.0. The van der Waals surface area contributed by atoms with Crippen molar-refractivity contribution in [2.45, 2.75) is 6.92 Å². The fourth-order valence-electron chi connectivity index (χ4n) is 2.19. The molecule has 0 spiro atoms. The van der Waals surface area contributed by atoms with E-state index in [1.54, 1.807) is 24.3 Å². The highest BCUT2D eigenvalue weighted by Gasteiger charge is 2.14. The summed E-state index contributed by atoms with van der Waals surface area (Å²) in [7, 11) is 0. The minimum Gasteiger partial charge on any atom is -0.338 e. The molecule has 8 heteroatoms. The molecule has 0 unspecified atom stereocenters. The first-order valence-corrected chi connectivity index (χ1v) is 7.55. The van der Waals surface area contributed by atoms with Crippen molar-refractivity contribution in [1.29, 1.82) is 0 Å². The van der Waals surface area contributed by atoms with E-state index in [2.05, 4.69) is 20.6 Å². The molecule has 132 valence electrons. The molecular formula is C18H13F3N4O. The van der Waals surface area contributed by atoms with E-state index in [0.29, 0.717) is 11.3 Å². The third-order valence-corrected chi connectivity index (χ3v) is 3.48. The normalized spacial score (nSPS) is 10.5. The van der Waals surface area contributed by atoms with Crippen molar-refractivity contribution in [3.05, 3.63) is 71.7 Å². The lowest BCUT2D eigenvalue weighted by Crippen LogP contribution is -2.03. The number of Topliss-reactive ketones (excluding diaryl/α,β-unsaturated/α-hetero) is 1. The quantitative estimate of drug-likeness (QED) is 0.516. The van der Waals surface area contributed by atoms with E-state index in [4.69, 9.17) is 0 Å². The molecule has 0 saturated carbocycles. The van der Waals surface area contributed by atoms with E-state index in [0.717, 1.165) is 12.1 Å². The molecule has 0 fully saturated rings. The van der Waals surface area contributed by atoms with Gasteiger partial charge in [-0.3, -0.25) is 4.79 Å². The van der Waals surface area contributed by atoms with Crippen LogP contribution in [0.25, 0.3) is 0 Å². The lowest BCUT2D eigenvalue weighted by Gasteiger charge is -2.10. The summed E-state index contributed by atoms with van der Waals surface area (Å²) in [5, 5.41) is 5.49. The maximum Gasteiger partial charge on any atom is 0.229 e. The molecule has 2 aromatic carbocycles. The Bertz CT molecular complexity index is 978. The van der Waals surface area contributed by atoms with Crippen LogP contribution < -0.4 is 10.6 Å². The van der Waals surface area contributed by atoms with E-state index in [-0.39, 0.29) is 23.2 Å². The monoisotopic (exact) mass is 358 g/mol. The fraction of sp³-hybridized carbons (Fsp3) is 0.0556. The van der Waals surface area contributed by atoms with Gasteiger partial charge in [-0.1, -0.05) is 12.1 Å². The topological polar surface area (TPSA) is 66.9 Å². The van der Waals surface area contributed by atoms with Crippen LogP contribution in [0.4, 0.5) is 36.3 Å². The van der Waals surface area contributed by atoms with Crippen LogP contribution in [0.1, 0.15) is 17.3 Å². The predicted octanol–water partition coefficient (Wildman–Crippen LogP) is 4.58. The molecule has 26 heavy (non-hydrogen) atoms. The lowest BCUT2D eigenvalue weighted by atomic mass is 10.1. The summed E-state index contributed by atoms with van der Waals surface area (Å²) in [4.78, 5) is 19.6. The van der Waals surface area contributed by atoms with Crippen LogP contribution in [0, 0.1) is 17.5 Å². The largest absolute Gasteiger partial charge is 0.338 e. The predicted molar refractivity (Wildman–Crippen MR) is 91.4 cm³/mol. The van der Waals surface area contributed by atoms with Gasteiger partial charge < -0.3 is 10.6 Å². The number of hydrogen-bond acceptors (Lipinski definition) is 5. The number of rotatable bonds is 5. The smallest absolute Gasteiger partial charge is 0.229 e. The van der Waals surface area contributed by atoms with Gasteiger partial charge in [-0.05, 0) is 37.3 Å².